The van der Waals surface area contributed by atoms with E-state index in [0.717, 1.165) is 43.7 Å². The largest absolute Gasteiger partial charge is 0.369 e. The van der Waals surface area contributed by atoms with Gasteiger partial charge in [0.1, 0.15) is 0 Å². The predicted octanol–water partition coefficient (Wildman–Crippen LogP) is 3.77. The molecule has 2 heterocycles. The topological polar surface area (TPSA) is 64.7 Å². The fourth-order valence-corrected chi connectivity index (χ4v) is 5.46. The van der Waals surface area contributed by atoms with Gasteiger partial charge in [-0.3, -0.25) is 4.79 Å². The third-order valence-electron chi connectivity index (χ3n) is 6.93. The van der Waals surface area contributed by atoms with Crippen molar-refractivity contribution in [3.05, 3.63) is 29.8 Å². The van der Waals surface area contributed by atoms with Crippen molar-refractivity contribution < 1.29 is 9.59 Å². The van der Waals surface area contributed by atoms with Gasteiger partial charge >= 0.3 is 6.03 Å². The SMILES string of the molecule is CC(C)NC(=O)N[C@H]1CCN(c2ccc(C(=O)N3CCCC4CCCCC43)cc2)C1. The van der Waals surface area contributed by atoms with E-state index in [1.165, 1.54) is 32.1 Å². The van der Waals surface area contributed by atoms with Crippen LogP contribution in [0.15, 0.2) is 24.3 Å². The lowest BCUT2D eigenvalue weighted by atomic mass is 9.78. The highest BCUT2D eigenvalue weighted by Crippen LogP contribution is 2.36. The van der Waals surface area contributed by atoms with Gasteiger partial charge in [-0.25, -0.2) is 4.79 Å². The molecular weight excluding hydrogens is 376 g/mol. The van der Waals surface area contributed by atoms with Crippen molar-refractivity contribution in [2.24, 2.45) is 5.92 Å². The van der Waals surface area contributed by atoms with Gasteiger partial charge in [-0.2, -0.15) is 0 Å². The Bertz CT molecular complexity index is 746. The van der Waals surface area contributed by atoms with Crippen LogP contribution in [-0.2, 0) is 0 Å². The second kappa shape index (κ2) is 9.27. The van der Waals surface area contributed by atoms with Crippen LogP contribution in [0.4, 0.5) is 10.5 Å². The van der Waals surface area contributed by atoms with Crippen LogP contribution in [0, 0.1) is 5.92 Å². The number of carbonyl (C=O) groups is 2. The van der Waals surface area contributed by atoms with Crippen LogP contribution in [-0.4, -0.2) is 54.6 Å². The van der Waals surface area contributed by atoms with Crippen LogP contribution in [0.3, 0.4) is 0 Å². The fraction of sp³-hybridized carbons (Fsp3) is 0.667. The smallest absolute Gasteiger partial charge is 0.315 e. The molecule has 6 heteroatoms. The lowest BCUT2D eigenvalue weighted by Gasteiger charge is -2.44. The van der Waals surface area contributed by atoms with E-state index in [1.54, 1.807) is 0 Å². The molecule has 4 rings (SSSR count). The number of nitrogens with zero attached hydrogens (tertiary/aromatic N) is 2. The number of anilines is 1. The average molecular weight is 413 g/mol. The molecule has 0 bridgehead atoms. The number of rotatable bonds is 4. The summed E-state index contributed by atoms with van der Waals surface area (Å²) in [4.78, 5) is 29.6. The highest BCUT2D eigenvalue weighted by molar-refractivity contribution is 5.95. The number of likely N-dealkylation sites (tertiary alicyclic amines) is 1. The maximum Gasteiger partial charge on any atom is 0.315 e. The van der Waals surface area contributed by atoms with E-state index in [-0.39, 0.29) is 24.0 Å². The number of fused-ring (bicyclic) bond motifs is 1. The molecule has 1 aliphatic carbocycles. The Morgan fingerprint density at radius 3 is 2.47 bits per heavy atom. The van der Waals surface area contributed by atoms with Gasteiger partial charge in [-0.15, -0.1) is 0 Å². The third kappa shape index (κ3) is 4.73. The lowest BCUT2D eigenvalue weighted by Crippen LogP contribution is -2.49. The monoisotopic (exact) mass is 412 g/mol. The Hall–Kier alpha value is -2.24. The molecule has 3 aliphatic rings. The van der Waals surface area contributed by atoms with Gasteiger partial charge in [0.25, 0.3) is 5.91 Å². The van der Waals surface area contributed by atoms with Crippen LogP contribution >= 0.6 is 0 Å². The van der Waals surface area contributed by atoms with Gasteiger partial charge in [0, 0.05) is 49.0 Å². The van der Waals surface area contributed by atoms with E-state index in [4.69, 9.17) is 0 Å². The molecule has 0 spiro atoms. The standard InChI is InChI=1S/C24H36N4O2/c1-17(2)25-24(30)26-20-13-15-27(16-20)21-11-9-19(10-12-21)23(29)28-14-5-7-18-6-3-4-8-22(18)28/h9-12,17-18,20,22H,3-8,13-16H2,1-2H3,(H2,25,26,30)/t18?,20-,22?/m0/s1. The second-order valence-corrected chi connectivity index (χ2v) is 9.50. The molecule has 2 aliphatic heterocycles. The number of hydrogen-bond donors (Lipinski definition) is 2. The van der Waals surface area contributed by atoms with E-state index >= 15 is 0 Å². The van der Waals surface area contributed by atoms with Crippen molar-refractivity contribution in [1.29, 1.82) is 0 Å². The zero-order valence-electron chi connectivity index (χ0n) is 18.4. The predicted molar refractivity (Wildman–Crippen MR) is 120 cm³/mol. The van der Waals surface area contributed by atoms with Crippen LogP contribution in [0.25, 0.3) is 0 Å². The minimum atomic E-state index is -0.0969. The van der Waals surface area contributed by atoms with Gasteiger partial charge in [-0.1, -0.05) is 12.8 Å². The van der Waals surface area contributed by atoms with E-state index in [2.05, 4.69) is 32.6 Å². The van der Waals surface area contributed by atoms with E-state index in [0.29, 0.717) is 12.0 Å². The molecule has 1 aromatic rings. The number of nitrogens with one attached hydrogen (secondary N) is 2. The second-order valence-electron chi connectivity index (χ2n) is 9.50. The maximum atomic E-state index is 13.2. The zero-order valence-corrected chi connectivity index (χ0v) is 18.4. The molecule has 6 nitrogen and oxygen atoms in total. The fourth-order valence-electron chi connectivity index (χ4n) is 5.46. The molecule has 1 aromatic carbocycles. The molecule has 2 saturated heterocycles. The van der Waals surface area contributed by atoms with Crippen LogP contribution < -0.4 is 15.5 Å². The number of hydrogen-bond acceptors (Lipinski definition) is 3. The lowest BCUT2D eigenvalue weighted by molar-refractivity contribution is 0.0390. The highest BCUT2D eigenvalue weighted by Gasteiger charge is 2.36. The Morgan fingerprint density at radius 1 is 0.967 bits per heavy atom. The molecule has 0 radical (unpaired) electrons. The summed E-state index contributed by atoms with van der Waals surface area (Å²) >= 11 is 0. The molecule has 2 unspecified atom stereocenters. The van der Waals surface area contributed by atoms with Crippen molar-refractivity contribution in [3.8, 4) is 0 Å². The number of piperidine rings is 1. The van der Waals surface area contributed by atoms with Crippen molar-refractivity contribution in [2.75, 3.05) is 24.5 Å². The normalized spacial score (nSPS) is 26.4. The summed E-state index contributed by atoms with van der Waals surface area (Å²) in [5.74, 6) is 0.905. The van der Waals surface area contributed by atoms with Crippen LogP contribution in [0.2, 0.25) is 0 Å². The molecule has 3 fully saturated rings. The van der Waals surface area contributed by atoms with Gasteiger partial charge < -0.3 is 20.4 Å². The summed E-state index contributed by atoms with van der Waals surface area (Å²) in [5, 5.41) is 5.94. The highest BCUT2D eigenvalue weighted by atomic mass is 16.2. The molecule has 1 saturated carbocycles. The minimum absolute atomic E-state index is 0.0969. The molecule has 0 aromatic heterocycles. The summed E-state index contributed by atoms with van der Waals surface area (Å²) in [6.45, 7) is 6.54. The first-order valence-corrected chi connectivity index (χ1v) is 11.7. The number of urea groups is 1. The molecule has 3 amide bonds. The number of carbonyl (C=O) groups excluding carboxylic acids is 2. The molecular formula is C24H36N4O2. The Kier molecular flexibility index (Phi) is 6.49. The Balaban J connectivity index is 1.35. The molecule has 3 atom stereocenters. The Labute approximate surface area is 180 Å². The van der Waals surface area contributed by atoms with Crippen molar-refractivity contribution >= 4 is 17.6 Å². The summed E-state index contributed by atoms with van der Waals surface area (Å²) in [7, 11) is 0. The van der Waals surface area contributed by atoms with Gasteiger partial charge in [0.2, 0.25) is 0 Å². The van der Waals surface area contributed by atoms with Crippen LogP contribution in [0.5, 0.6) is 0 Å². The summed E-state index contributed by atoms with van der Waals surface area (Å²) in [6.07, 6.45) is 8.38. The van der Waals surface area contributed by atoms with Crippen LogP contribution in [0.1, 0.15) is 69.2 Å². The first-order chi connectivity index (χ1) is 14.5. The summed E-state index contributed by atoms with van der Waals surface area (Å²) < 4.78 is 0. The van der Waals surface area contributed by atoms with Crippen molar-refractivity contribution in [2.45, 2.75) is 76.9 Å². The number of benzene rings is 1. The van der Waals surface area contributed by atoms with Gasteiger partial charge in [-0.05, 0) is 76.1 Å². The van der Waals surface area contributed by atoms with E-state index < -0.39 is 0 Å². The minimum Gasteiger partial charge on any atom is -0.369 e. The molecule has 164 valence electrons. The van der Waals surface area contributed by atoms with Crippen molar-refractivity contribution in [1.82, 2.24) is 15.5 Å². The zero-order chi connectivity index (χ0) is 21.1. The Morgan fingerprint density at radius 2 is 1.70 bits per heavy atom. The summed E-state index contributed by atoms with van der Waals surface area (Å²) in [6, 6.07) is 8.73. The van der Waals surface area contributed by atoms with Gasteiger partial charge in [0.15, 0.2) is 0 Å². The van der Waals surface area contributed by atoms with Gasteiger partial charge in [0.05, 0.1) is 0 Å². The quantitative estimate of drug-likeness (QED) is 0.791. The maximum absolute atomic E-state index is 13.2. The van der Waals surface area contributed by atoms with E-state index in [9.17, 15) is 9.59 Å². The number of amides is 3. The molecule has 30 heavy (non-hydrogen) atoms. The first kappa shape index (κ1) is 21.0. The van der Waals surface area contributed by atoms with E-state index in [1.807, 2.05) is 26.0 Å². The molecule has 2 N–H and O–H groups in total. The third-order valence-corrected chi connectivity index (χ3v) is 6.93. The average Bonchev–Trinajstić information content (AvgIpc) is 3.20. The van der Waals surface area contributed by atoms with Crippen molar-refractivity contribution in [3.63, 3.8) is 0 Å². The summed E-state index contributed by atoms with van der Waals surface area (Å²) in [5.41, 5.74) is 1.92. The first-order valence-electron chi connectivity index (χ1n) is 11.7.